The molecule has 3 aromatic rings. The van der Waals surface area contributed by atoms with Gasteiger partial charge in [-0.25, -0.2) is 12.8 Å². The van der Waals surface area contributed by atoms with Crippen LogP contribution in [0.1, 0.15) is 15.9 Å². The summed E-state index contributed by atoms with van der Waals surface area (Å²) < 4.78 is 50.7. The van der Waals surface area contributed by atoms with E-state index in [-0.39, 0.29) is 23.8 Å². The van der Waals surface area contributed by atoms with Gasteiger partial charge in [0.1, 0.15) is 5.82 Å². The number of hydrogen-bond donors (Lipinski definition) is 1. The second-order valence-corrected chi connectivity index (χ2v) is 8.82. The van der Waals surface area contributed by atoms with Crippen molar-refractivity contribution in [3.05, 3.63) is 83.7 Å². The highest BCUT2D eigenvalue weighted by Gasteiger charge is 2.22. The van der Waals surface area contributed by atoms with Crippen molar-refractivity contribution in [3.8, 4) is 11.5 Å². The number of carbonyl (C=O) groups excluding carboxylic acids is 1. The Morgan fingerprint density at radius 2 is 1.77 bits per heavy atom. The fraction of sp³-hybridized carbons (Fsp3) is 0.136. The summed E-state index contributed by atoms with van der Waals surface area (Å²) in [4.78, 5) is 12.5. The molecule has 1 N–H and O–H groups in total. The SMILES string of the molecule is CN(c1ccc(F)cc1)S(=O)(=O)c1cccc(C(=O)NCc2ccc3c(c2)OCO3)c1. The van der Waals surface area contributed by atoms with Crippen LogP contribution in [-0.2, 0) is 16.6 Å². The summed E-state index contributed by atoms with van der Waals surface area (Å²) in [6.45, 7) is 0.403. The number of hydrogen-bond acceptors (Lipinski definition) is 5. The second kappa shape index (κ2) is 8.27. The van der Waals surface area contributed by atoms with E-state index in [4.69, 9.17) is 9.47 Å². The van der Waals surface area contributed by atoms with Crippen LogP contribution in [0.5, 0.6) is 11.5 Å². The summed E-state index contributed by atoms with van der Waals surface area (Å²) >= 11 is 0. The van der Waals surface area contributed by atoms with Gasteiger partial charge in [-0.15, -0.1) is 0 Å². The van der Waals surface area contributed by atoms with Crippen LogP contribution >= 0.6 is 0 Å². The van der Waals surface area contributed by atoms with Crippen LogP contribution < -0.4 is 19.1 Å². The molecule has 3 aromatic carbocycles. The molecule has 1 aliphatic rings. The first-order valence-electron chi connectivity index (χ1n) is 9.36. The summed E-state index contributed by atoms with van der Waals surface area (Å²) in [5.74, 6) is 0.386. The van der Waals surface area contributed by atoms with Crippen molar-refractivity contribution in [3.63, 3.8) is 0 Å². The third-order valence-corrected chi connectivity index (χ3v) is 6.62. The second-order valence-electron chi connectivity index (χ2n) is 6.85. The van der Waals surface area contributed by atoms with Crippen LogP contribution in [0.2, 0.25) is 0 Å². The van der Waals surface area contributed by atoms with Gasteiger partial charge in [0.05, 0.1) is 10.6 Å². The molecule has 31 heavy (non-hydrogen) atoms. The van der Waals surface area contributed by atoms with Crippen LogP contribution in [0.15, 0.2) is 71.6 Å². The Labute approximate surface area is 179 Å². The monoisotopic (exact) mass is 442 g/mol. The number of carbonyl (C=O) groups is 1. The van der Waals surface area contributed by atoms with Crippen molar-refractivity contribution in [1.29, 1.82) is 0 Å². The predicted molar refractivity (Wildman–Crippen MR) is 112 cm³/mol. The maximum absolute atomic E-state index is 13.1. The van der Waals surface area contributed by atoms with Gasteiger partial charge < -0.3 is 14.8 Å². The lowest BCUT2D eigenvalue weighted by Crippen LogP contribution is -2.27. The van der Waals surface area contributed by atoms with Gasteiger partial charge in [-0.1, -0.05) is 12.1 Å². The third-order valence-electron chi connectivity index (χ3n) is 4.83. The number of amides is 1. The minimum atomic E-state index is -3.93. The van der Waals surface area contributed by atoms with Crippen molar-refractivity contribution in [2.45, 2.75) is 11.4 Å². The standard InChI is InChI=1S/C22H19FN2O5S/c1-25(18-8-6-17(23)7-9-18)31(27,28)19-4-2-3-16(12-19)22(26)24-13-15-5-10-20-21(11-15)30-14-29-20/h2-12H,13-14H2,1H3,(H,24,26). The lowest BCUT2D eigenvalue weighted by Gasteiger charge is -2.19. The highest BCUT2D eigenvalue weighted by Crippen LogP contribution is 2.32. The quantitative estimate of drug-likeness (QED) is 0.633. The molecule has 0 saturated carbocycles. The third kappa shape index (κ3) is 4.31. The zero-order chi connectivity index (χ0) is 22.0. The van der Waals surface area contributed by atoms with E-state index in [9.17, 15) is 17.6 Å². The molecule has 0 fully saturated rings. The summed E-state index contributed by atoms with van der Waals surface area (Å²) in [5.41, 5.74) is 1.32. The Bertz CT molecular complexity index is 1230. The molecule has 0 aromatic heterocycles. The number of ether oxygens (including phenoxy) is 2. The predicted octanol–water partition coefficient (Wildman–Crippen LogP) is 3.31. The first-order valence-corrected chi connectivity index (χ1v) is 10.8. The van der Waals surface area contributed by atoms with Gasteiger partial charge in [0.2, 0.25) is 6.79 Å². The molecular weight excluding hydrogens is 423 g/mol. The average Bonchev–Trinajstić information content (AvgIpc) is 3.25. The van der Waals surface area contributed by atoms with Crippen molar-refractivity contribution < 1.29 is 27.1 Å². The van der Waals surface area contributed by atoms with Crippen molar-refractivity contribution in [2.24, 2.45) is 0 Å². The molecule has 1 amide bonds. The zero-order valence-electron chi connectivity index (χ0n) is 16.5. The van der Waals surface area contributed by atoms with Gasteiger partial charge in [-0.05, 0) is 60.2 Å². The highest BCUT2D eigenvalue weighted by molar-refractivity contribution is 7.92. The zero-order valence-corrected chi connectivity index (χ0v) is 17.4. The molecule has 4 rings (SSSR count). The van der Waals surface area contributed by atoms with Gasteiger partial charge >= 0.3 is 0 Å². The maximum Gasteiger partial charge on any atom is 0.264 e. The molecule has 1 aliphatic heterocycles. The molecule has 160 valence electrons. The molecule has 0 saturated heterocycles. The van der Waals surface area contributed by atoms with E-state index in [0.29, 0.717) is 17.2 Å². The number of halogens is 1. The number of sulfonamides is 1. The number of anilines is 1. The van der Waals surface area contributed by atoms with Crippen LogP contribution in [0.4, 0.5) is 10.1 Å². The Morgan fingerprint density at radius 3 is 2.55 bits per heavy atom. The van der Waals surface area contributed by atoms with E-state index in [1.807, 2.05) is 6.07 Å². The molecule has 0 radical (unpaired) electrons. The van der Waals surface area contributed by atoms with Crippen LogP contribution in [0, 0.1) is 5.82 Å². The van der Waals surface area contributed by atoms with Crippen molar-refractivity contribution >= 4 is 21.6 Å². The summed E-state index contributed by atoms with van der Waals surface area (Å²) in [5, 5.41) is 2.77. The van der Waals surface area contributed by atoms with E-state index in [2.05, 4.69) is 5.32 Å². The first kappa shape index (κ1) is 20.7. The Morgan fingerprint density at radius 1 is 1.03 bits per heavy atom. The van der Waals surface area contributed by atoms with Crippen molar-refractivity contribution in [2.75, 3.05) is 18.1 Å². The molecule has 9 heteroatoms. The van der Waals surface area contributed by atoms with E-state index < -0.39 is 21.7 Å². The molecule has 0 atom stereocenters. The highest BCUT2D eigenvalue weighted by atomic mass is 32.2. The summed E-state index contributed by atoms with van der Waals surface area (Å²) in [6, 6.07) is 16.2. The van der Waals surface area contributed by atoms with E-state index >= 15 is 0 Å². The molecular formula is C22H19FN2O5S. The summed E-state index contributed by atoms with van der Waals surface area (Å²) in [7, 11) is -2.56. The number of nitrogens with one attached hydrogen (secondary N) is 1. The fourth-order valence-electron chi connectivity index (χ4n) is 3.08. The molecule has 0 unspecified atom stereocenters. The number of nitrogens with zero attached hydrogens (tertiary/aromatic N) is 1. The lowest BCUT2D eigenvalue weighted by molar-refractivity contribution is 0.0950. The topological polar surface area (TPSA) is 84.9 Å². The van der Waals surface area contributed by atoms with E-state index in [1.54, 1.807) is 12.1 Å². The van der Waals surface area contributed by atoms with E-state index in [1.165, 1.54) is 55.6 Å². The van der Waals surface area contributed by atoms with E-state index in [0.717, 1.165) is 9.87 Å². The van der Waals surface area contributed by atoms with Gasteiger partial charge in [-0.3, -0.25) is 9.10 Å². The number of fused-ring (bicyclic) bond motifs is 1. The first-order chi connectivity index (χ1) is 14.8. The van der Waals surface area contributed by atoms with Crippen LogP contribution in [0.3, 0.4) is 0 Å². The minimum Gasteiger partial charge on any atom is -0.454 e. The molecule has 0 spiro atoms. The lowest BCUT2D eigenvalue weighted by atomic mass is 10.2. The maximum atomic E-state index is 13.1. The van der Waals surface area contributed by atoms with Gasteiger partial charge in [0.15, 0.2) is 11.5 Å². The smallest absolute Gasteiger partial charge is 0.264 e. The van der Waals surface area contributed by atoms with Crippen LogP contribution in [0.25, 0.3) is 0 Å². The van der Waals surface area contributed by atoms with Crippen molar-refractivity contribution in [1.82, 2.24) is 5.32 Å². The molecule has 0 aliphatic carbocycles. The minimum absolute atomic E-state index is 0.0462. The van der Waals surface area contributed by atoms with Gasteiger partial charge in [0, 0.05) is 19.2 Å². The Kier molecular flexibility index (Phi) is 5.51. The van der Waals surface area contributed by atoms with Crippen LogP contribution in [-0.4, -0.2) is 28.2 Å². The normalized spacial score (nSPS) is 12.5. The Hall–Kier alpha value is -3.59. The molecule has 7 nitrogen and oxygen atoms in total. The molecule has 1 heterocycles. The fourth-order valence-corrected chi connectivity index (χ4v) is 4.32. The Balaban J connectivity index is 1.49. The molecule has 0 bridgehead atoms. The number of rotatable bonds is 6. The van der Waals surface area contributed by atoms with Gasteiger partial charge in [0.25, 0.3) is 15.9 Å². The average molecular weight is 442 g/mol. The number of benzene rings is 3. The largest absolute Gasteiger partial charge is 0.454 e. The van der Waals surface area contributed by atoms with Gasteiger partial charge in [-0.2, -0.15) is 0 Å². The summed E-state index contributed by atoms with van der Waals surface area (Å²) in [6.07, 6.45) is 0.